The number of hydrogen-bond acceptors (Lipinski definition) is 2. The van der Waals surface area contributed by atoms with Crippen LogP contribution in [0.4, 0.5) is 0 Å². The van der Waals surface area contributed by atoms with Gasteiger partial charge >= 0.3 is 5.97 Å². The van der Waals surface area contributed by atoms with Crippen LogP contribution in [0.25, 0.3) is 0 Å². The maximum absolute atomic E-state index is 11.7. The van der Waals surface area contributed by atoms with Crippen molar-refractivity contribution in [3.05, 3.63) is 12.2 Å². The molecule has 0 bridgehead atoms. The summed E-state index contributed by atoms with van der Waals surface area (Å²) >= 11 is 0. The van der Waals surface area contributed by atoms with Crippen LogP contribution in [-0.4, -0.2) is 11.6 Å². The highest BCUT2D eigenvalue weighted by atomic mass is 16.6. The van der Waals surface area contributed by atoms with E-state index in [1.165, 1.54) is 148 Å². The fourth-order valence-electron chi connectivity index (χ4n) is 4.85. The van der Waals surface area contributed by atoms with Crippen LogP contribution >= 0.6 is 0 Å². The van der Waals surface area contributed by atoms with E-state index in [0.717, 1.165) is 12.8 Å². The number of esters is 1. The molecule has 0 unspecified atom stereocenters. The monoisotopic (exact) mass is 507 g/mol. The average Bonchev–Trinajstić information content (AvgIpc) is 2.82. The molecule has 0 aromatic heterocycles. The van der Waals surface area contributed by atoms with Crippen LogP contribution in [0.15, 0.2) is 12.2 Å². The van der Waals surface area contributed by atoms with Crippen LogP contribution in [0, 0.1) is 0 Å². The summed E-state index contributed by atoms with van der Waals surface area (Å²) < 4.78 is 5.36. The van der Waals surface area contributed by atoms with Gasteiger partial charge in [0.2, 0.25) is 0 Å². The fourth-order valence-corrected chi connectivity index (χ4v) is 4.85. The molecule has 0 aromatic carbocycles. The molecule has 0 rings (SSSR count). The molecule has 0 saturated heterocycles. The lowest BCUT2D eigenvalue weighted by Gasteiger charge is -2.19. The third kappa shape index (κ3) is 31.2. The van der Waals surface area contributed by atoms with E-state index in [2.05, 4.69) is 19.1 Å². The van der Waals surface area contributed by atoms with E-state index in [0.29, 0.717) is 6.42 Å². The van der Waals surface area contributed by atoms with E-state index in [1.807, 2.05) is 20.8 Å². The van der Waals surface area contributed by atoms with Gasteiger partial charge in [0.05, 0.1) is 0 Å². The highest BCUT2D eigenvalue weighted by molar-refractivity contribution is 5.69. The summed E-state index contributed by atoms with van der Waals surface area (Å²) in [5, 5.41) is 0. The van der Waals surface area contributed by atoms with E-state index in [-0.39, 0.29) is 11.6 Å². The van der Waals surface area contributed by atoms with Crippen molar-refractivity contribution in [2.24, 2.45) is 0 Å². The van der Waals surface area contributed by atoms with Crippen molar-refractivity contribution in [2.45, 2.75) is 200 Å². The van der Waals surface area contributed by atoms with Gasteiger partial charge in [0.15, 0.2) is 0 Å². The smallest absolute Gasteiger partial charge is 0.306 e. The van der Waals surface area contributed by atoms with Gasteiger partial charge in [-0.15, -0.1) is 0 Å². The van der Waals surface area contributed by atoms with Gasteiger partial charge in [-0.1, -0.05) is 147 Å². The maximum Gasteiger partial charge on any atom is 0.306 e. The molecule has 0 spiro atoms. The molecule has 0 saturated carbocycles. The summed E-state index contributed by atoms with van der Waals surface area (Å²) in [6, 6.07) is 0. The highest BCUT2D eigenvalue weighted by Crippen LogP contribution is 2.16. The molecule has 0 N–H and O–H groups in total. The zero-order chi connectivity index (χ0) is 26.6. The predicted octanol–water partition coefficient (Wildman–Crippen LogP) is 12.0. The second kappa shape index (κ2) is 27.3. The summed E-state index contributed by atoms with van der Waals surface area (Å²) in [5.41, 5.74) is -0.346. The predicted molar refractivity (Wildman–Crippen MR) is 161 cm³/mol. The number of unbranched alkanes of at least 4 members (excludes halogenated alkanes) is 23. The molecular formula is C34H66O2. The van der Waals surface area contributed by atoms with Gasteiger partial charge in [-0.3, -0.25) is 4.79 Å². The first kappa shape index (κ1) is 35.2. The third-order valence-electron chi connectivity index (χ3n) is 7.06. The molecule has 0 atom stereocenters. The SMILES string of the molecule is CCCCCCCC/C=C\CCCCCCCCCCCCCCCCCCCC(=O)OC(C)(C)C. The number of hydrogen-bond donors (Lipinski definition) is 0. The Morgan fingerprint density at radius 2 is 0.806 bits per heavy atom. The fraction of sp³-hybridized carbons (Fsp3) is 0.912. The minimum absolute atomic E-state index is 0.0419. The van der Waals surface area contributed by atoms with Crippen LogP contribution in [0.3, 0.4) is 0 Å². The molecule has 0 aliphatic rings. The molecule has 2 nitrogen and oxygen atoms in total. The van der Waals surface area contributed by atoms with Gasteiger partial charge in [-0.25, -0.2) is 0 Å². The number of ether oxygens (including phenoxy) is 1. The molecule has 2 heteroatoms. The van der Waals surface area contributed by atoms with Gasteiger partial charge < -0.3 is 4.74 Å². The van der Waals surface area contributed by atoms with Gasteiger partial charge in [-0.05, 0) is 52.9 Å². The Labute approximate surface area is 227 Å². The van der Waals surface area contributed by atoms with Crippen LogP contribution in [0.2, 0.25) is 0 Å². The first-order valence-corrected chi connectivity index (χ1v) is 16.3. The number of allylic oxidation sites excluding steroid dienone is 2. The lowest BCUT2D eigenvalue weighted by atomic mass is 10.0. The molecule has 0 aliphatic heterocycles. The van der Waals surface area contributed by atoms with E-state index in [9.17, 15) is 4.79 Å². The number of carbonyl (C=O) groups is 1. The number of rotatable bonds is 27. The van der Waals surface area contributed by atoms with E-state index < -0.39 is 0 Å². The Hall–Kier alpha value is -0.790. The second-order valence-corrected chi connectivity index (χ2v) is 12.2. The van der Waals surface area contributed by atoms with E-state index in [4.69, 9.17) is 4.74 Å². The van der Waals surface area contributed by atoms with Crippen LogP contribution in [-0.2, 0) is 9.53 Å². The summed E-state index contributed by atoms with van der Waals surface area (Å²) in [7, 11) is 0. The standard InChI is InChI=1S/C34H66O2/c1-5-6-7-8-9-10-11-12-13-14-15-16-17-18-19-20-21-22-23-24-25-26-27-28-29-30-31-32-33(35)36-34(2,3)4/h12-13H,5-11,14-32H2,1-4H3/b13-12-. The normalized spacial score (nSPS) is 12.0. The van der Waals surface area contributed by atoms with Crippen molar-refractivity contribution in [1.29, 1.82) is 0 Å². The minimum atomic E-state index is -0.346. The molecule has 0 radical (unpaired) electrons. The quantitative estimate of drug-likeness (QED) is 0.0629. The molecule has 0 fully saturated rings. The zero-order valence-corrected chi connectivity index (χ0v) is 25.4. The third-order valence-corrected chi connectivity index (χ3v) is 7.06. The van der Waals surface area contributed by atoms with Crippen LogP contribution in [0.5, 0.6) is 0 Å². The van der Waals surface area contributed by atoms with Gasteiger partial charge in [0.25, 0.3) is 0 Å². The second-order valence-electron chi connectivity index (χ2n) is 12.2. The number of carbonyl (C=O) groups excluding carboxylic acids is 1. The van der Waals surface area contributed by atoms with E-state index >= 15 is 0 Å². The topological polar surface area (TPSA) is 26.3 Å². The minimum Gasteiger partial charge on any atom is -0.460 e. The highest BCUT2D eigenvalue weighted by Gasteiger charge is 2.15. The van der Waals surface area contributed by atoms with Crippen LogP contribution < -0.4 is 0 Å². The Morgan fingerprint density at radius 3 is 1.14 bits per heavy atom. The summed E-state index contributed by atoms with van der Waals surface area (Å²) in [4.78, 5) is 11.7. The maximum atomic E-state index is 11.7. The molecule has 0 aromatic rings. The molecule has 0 aliphatic carbocycles. The largest absolute Gasteiger partial charge is 0.460 e. The van der Waals surface area contributed by atoms with Crippen molar-refractivity contribution in [1.82, 2.24) is 0 Å². The van der Waals surface area contributed by atoms with Crippen molar-refractivity contribution in [3.8, 4) is 0 Å². The van der Waals surface area contributed by atoms with E-state index in [1.54, 1.807) is 0 Å². The summed E-state index contributed by atoms with van der Waals surface area (Å²) in [6.07, 6.45) is 39.7. The Bertz CT molecular complexity index is 474. The van der Waals surface area contributed by atoms with Crippen molar-refractivity contribution >= 4 is 5.97 Å². The van der Waals surface area contributed by atoms with Crippen molar-refractivity contribution < 1.29 is 9.53 Å². The van der Waals surface area contributed by atoms with Crippen LogP contribution in [0.1, 0.15) is 195 Å². The Balaban J connectivity index is 3.14. The van der Waals surface area contributed by atoms with Crippen molar-refractivity contribution in [3.63, 3.8) is 0 Å². The molecule has 214 valence electrons. The van der Waals surface area contributed by atoms with Gasteiger partial charge in [-0.2, -0.15) is 0 Å². The lowest BCUT2D eigenvalue weighted by molar-refractivity contribution is -0.154. The Kier molecular flexibility index (Phi) is 26.7. The zero-order valence-electron chi connectivity index (χ0n) is 25.4. The first-order chi connectivity index (χ1) is 17.5. The molecule has 36 heavy (non-hydrogen) atoms. The summed E-state index contributed by atoms with van der Waals surface area (Å²) in [5.74, 6) is -0.0419. The van der Waals surface area contributed by atoms with Gasteiger partial charge in [0.1, 0.15) is 5.60 Å². The molecule has 0 amide bonds. The molecular weight excluding hydrogens is 440 g/mol. The van der Waals surface area contributed by atoms with Gasteiger partial charge in [0, 0.05) is 6.42 Å². The van der Waals surface area contributed by atoms with Crippen molar-refractivity contribution in [2.75, 3.05) is 0 Å². The average molecular weight is 507 g/mol. The molecule has 0 heterocycles. The Morgan fingerprint density at radius 1 is 0.500 bits per heavy atom. The summed E-state index contributed by atoms with van der Waals surface area (Å²) in [6.45, 7) is 8.09. The first-order valence-electron chi connectivity index (χ1n) is 16.3. The lowest BCUT2D eigenvalue weighted by Crippen LogP contribution is -2.23.